The first-order valence-corrected chi connectivity index (χ1v) is 4.42. The second-order valence-corrected chi connectivity index (χ2v) is 3.54. The van der Waals surface area contributed by atoms with Crippen LogP contribution in [-0.2, 0) is 0 Å². The van der Waals surface area contributed by atoms with Gasteiger partial charge in [-0.15, -0.1) is 0 Å². The van der Waals surface area contributed by atoms with Crippen molar-refractivity contribution in [1.29, 1.82) is 0 Å². The molecule has 0 aliphatic carbocycles. The van der Waals surface area contributed by atoms with Crippen LogP contribution in [0.5, 0.6) is 0 Å². The highest BCUT2D eigenvalue weighted by molar-refractivity contribution is 6.33. The van der Waals surface area contributed by atoms with Crippen molar-refractivity contribution in [3.63, 3.8) is 0 Å². The van der Waals surface area contributed by atoms with Crippen molar-refractivity contribution >= 4 is 11.6 Å². The first-order valence-electron chi connectivity index (χ1n) is 4.05. The lowest BCUT2D eigenvalue weighted by molar-refractivity contribution is 0.818. The van der Waals surface area contributed by atoms with Crippen molar-refractivity contribution in [3.8, 4) is 5.69 Å². The van der Waals surface area contributed by atoms with Gasteiger partial charge in [-0.25, -0.2) is 4.68 Å². The quantitative estimate of drug-likeness (QED) is 0.653. The predicted molar refractivity (Wildman–Crippen MR) is 53.0 cm³/mol. The van der Waals surface area contributed by atoms with E-state index in [0.29, 0.717) is 0 Å². The van der Waals surface area contributed by atoms with Crippen LogP contribution in [0.4, 0.5) is 0 Å². The molecular formula is C9H7ClN2O2. The fourth-order valence-corrected chi connectivity index (χ4v) is 1.65. The SMILES string of the molecule is Cc1cc(C)n(-c2c(Cl)c(=O)c2=O)n1. The smallest absolute Gasteiger partial charge is 0.254 e. The molecule has 0 fully saturated rings. The van der Waals surface area contributed by atoms with Crippen molar-refractivity contribution in [1.82, 2.24) is 9.78 Å². The number of hydrogen-bond acceptors (Lipinski definition) is 3. The Hall–Kier alpha value is -1.42. The van der Waals surface area contributed by atoms with Gasteiger partial charge in [-0.05, 0) is 19.9 Å². The van der Waals surface area contributed by atoms with Gasteiger partial charge in [0.25, 0.3) is 5.43 Å². The summed E-state index contributed by atoms with van der Waals surface area (Å²) in [7, 11) is 0. The molecule has 5 heteroatoms. The lowest BCUT2D eigenvalue weighted by Gasteiger charge is -2.06. The summed E-state index contributed by atoms with van der Waals surface area (Å²) in [5, 5.41) is 4.04. The van der Waals surface area contributed by atoms with Gasteiger partial charge in [0, 0.05) is 5.69 Å². The topological polar surface area (TPSA) is 52.0 Å². The molecule has 0 unspecified atom stereocenters. The van der Waals surface area contributed by atoms with E-state index in [-0.39, 0.29) is 10.7 Å². The Labute approximate surface area is 84.4 Å². The maximum atomic E-state index is 11.2. The van der Waals surface area contributed by atoms with Crippen LogP contribution in [0.1, 0.15) is 11.4 Å². The molecular weight excluding hydrogens is 204 g/mol. The van der Waals surface area contributed by atoms with Crippen LogP contribution in [0.3, 0.4) is 0 Å². The highest BCUT2D eigenvalue weighted by atomic mass is 35.5. The molecule has 1 aromatic heterocycles. The summed E-state index contributed by atoms with van der Waals surface area (Å²) in [6, 6.07) is 1.81. The number of aromatic nitrogens is 2. The summed E-state index contributed by atoms with van der Waals surface area (Å²) in [5.74, 6) is 0. The second kappa shape index (κ2) is 2.78. The minimum atomic E-state index is -0.630. The highest BCUT2D eigenvalue weighted by Gasteiger charge is 2.22. The lowest BCUT2D eigenvalue weighted by atomic mass is 10.2. The molecule has 0 aliphatic heterocycles. The fourth-order valence-electron chi connectivity index (χ4n) is 1.40. The molecule has 2 rings (SSSR count). The van der Waals surface area contributed by atoms with Gasteiger partial charge in [-0.3, -0.25) is 9.59 Å². The molecule has 72 valence electrons. The monoisotopic (exact) mass is 210 g/mol. The van der Waals surface area contributed by atoms with Crippen LogP contribution in [-0.4, -0.2) is 9.78 Å². The number of nitrogens with zero attached hydrogens (tertiary/aromatic N) is 2. The molecule has 0 radical (unpaired) electrons. The number of hydrogen-bond donors (Lipinski definition) is 0. The summed E-state index contributed by atoms with van der Waals surface area (Å²) in [6.45, 7) is 3.61. The third kappa shape index (κ3) is 1.04. The first-order chi connectivity index (χ1) is 6.52. The van der Waals surface area contributed by atoms with E-state index in [1.165, 1.54) is 4.68 Å². The Morgan fingerprint density at radius 2 is 1.93 bits per heavy atom. The van der Waals surface area contributed by atoms with E-state index in [1.54, 1.807) is 6.92 Å². The molecule has 14 heavy (non-hydrogen) atoms. The predicted octanol–water partition coefficient (Wildman–Crippen LogP) is 0.739. The summed E-state index contributed by atoms with van der Waals surface area (Å²) >= 11 is 5.62. The van der Waals surface area contributed by atoms with Gasteiger partial charge in [0.15, 0.2) is 0 Å². The van der Waals surface area contributed by atoms with E-state index in [9.17, 15) is 9.59 Å². The van der Waals surface area contributed by atoms with E-state index < -0.39 is 10.9 Å². The summed E-state index contributed by atoms with van der Waals surface area (Å²) < 4.78 is 1.40. The van der Waals surface area contributed by atoms with Gasteiger partial charge in [-0.2, -0.15) is 5.10 Å². The largest absolute Gasteiger partial charge is 0.284 e. The Morgan fingerprint density at radius 3 is 2.36 bits per heavy atom. The van der Waals surface area contributed by atoms with Crippen molar-refractivity contribution < 1.29 is 0 Å². The number of aryl methyl sites for hydroxylation is 2. The lowest BCUT2D eigenvalue weighted by Crippen LogP contribution is -2.36. The molecule has 4 nitrogen and oxygen atoms in total. The number of rotatable bonds is 1. The van der Waals surface area contributed by atoms with Crippen molar-refractivity contribution in [3.05, 3.63) is 42.9 Å². The number of halogens is 1. The Morgan fingerprint density at radius 1 is 1.29 bits per heavy atom. The highest BCUT2D eigenvalue weighted by Crippen LogP contribution is 2.15. The van der Waals surface area contributed by atoms with Crippen LogP contribution in [0.15, 0.2) is 15.7 Å². The van der Waals surface area contributed by atoms with E-state index in [1.807, 2.05) is 13.0 Å². The minimum absolute atomic E-state index is 0.0267. The normalized spacial score (nSPS) is 11.1. The van der Waals surface area contributed by atoms with E-state index in [2.05, 4.69) is 5.10 Å². The van der Waals surface area contributed by atoms with Crippen LogP contribution >= 0.6 is 11.6 Å². The van der Waals surface area contributed by atoms with E-state index in [4.69, 9.17) is 11.6 Å². The van der Waals surface area contributed by atoms with Crippen molar-refractivity contribution in [2.24, 2.45) is 0 Å². The molecule has 0 bridgehead atoms. The maximum Gasteiger partial charge on any atom is 0.254 e. The summed E-state index contributed by atoms with van der Waals surface area (Å²) in [5.41, 5.74) is 0.556. The van der Waals surface area contributed by atoms with E-state index >= 15 is 0 Å². The zero-order chi connectivity index (χ0) is 10.5. The Balaban J connectivity index is 2.68. The van der Waals surface area contributed by atoms with Crippen LogP contribution in [0.2, 0.25) is 5.02 Å². The van der Waals surface area contributed by atoms with Crippen LogP contribution < -0.4 is 10.9 Å². The molecule has 0 spiro atoms. The molecule has 0 N–H and O–H groups in total. The summed E-state index contributed by atoms with van der Waals surface area (Å²) in [4.78, 5) is 22.1. The molecule has 0 saturated heterocycles. The molecule has 1 heterocycles. The molecule has 0 amide bonds. The molecule has 0 aliphatic rings. The average molecular weight is 211 g/mol. The van der Waals surface area contributed by atoms with Gasteiger partial charge in [0.2, 0.25) is 5.43 Å². The zero-order valence-electron chi connectivity index (χ0n) is 7.67. The first kappa shape index (κ1) is 9.15. The minimum Gasteiger partial charge on any atom is -0.284 e. The average Bonchev–Trinajstić information content (AvgIpc) is 2.45. The molecule has 0 saturated carbocycles. The van der Waals surface area contributed by atoms with Gasteiger partial charge >= 0.3 is 0 Å². The van der Waals surface area contributed by atoms with Gasteiger partial charge in [0.1, 0.15) is 10.7 Å². The van der Waals surface area contributed by atoms with Crippen molar-refractivity contribution in [2.45, 2.75) is 13.8 Å². The molecule has 0 atom stereocenters. The Kier molecular flexibility index (Phi) is 1.82. The third-order valence-electron chi connectivity index (χ3n) is 2.05. The molecule has 2 aromatic rings. The third-order valence-corrected chi connectivity index (χ3v) is 2.40. The zero-order valence-corrected chi connectivity index (χ0v) is 8.42. The standard InChI is InChI=1S/C9H7ClN2O2/c1-4-3-5(2)12(11-4)7-6(10)8(13)9(7)14/h3H,1-2H3. The van der Waals surface area contributed by atoms with E-state index in [0.717, 1.165) is 11.4 Å². The van der Waals surface area contributed by atoms with Crippen molar-refractivity contribution in [2.75, 3.05) is 0 Å². The second-order valence-electron chi connectivity index (χ2n) is 3.16. The fraction of sp³-hybridized carbons (Fsp3) is 0.222. The molecule has 1 aromatic carbocycles. The Bertz CT molecular complexity index is 576. The van der Waals surface area contributed by atoms with Gasteiger partial charge in [0.05, 0.1) is 5.69 Å². The van der Waals surface area contributed by atoms with Crippen LogP contribution in [0, 0.1) is 13.8 Å². The maximum absolute atomic E-state index is 11.2. The summed E-state index contributed by atoms with van der Waals surface area (Å²) in [6.07, 6.45) is 0. The van der Waals surface area contributed by atoms with Crippen LogP contribution in [0.25, 0.3) is 5.69 Å². The van der Waals surface area contributed by atoms with Gasteiger partial charge in [-0.1, -0.05) is 11.6 Å². The van der Waals surface area contributed by atoms with Gasteiger partial charge < -0.3 is 0 Å².